The van der Waals surface area contributed by atoms with Gasteiger partial charge in [-0.2, -0.15) is 4.89 Å². The van der Waals surface area contributed by atoms with Crippen LogP contribution in [0.3, 0.4) is 0 Å². The second-order valence-electron chi connectivity index (χ2n) is 6.74. The second-order valence-corrected chi connectivity index (χ2v) is 6.74. The lowest BCUT2D eigenvalue weighted by Crippen LogP contribution is -2.11. The average Bonchev–Trinajstić information content (AvgIpc) is 2.66. The Morgan fingerprint density at radius 3 is 1.85 bits per heavy atom. The Morgan fingerprint density at radius 2 is 1.31 bits per heavy atom. The smallest absolute Gasteiger partial charge is 0.373 e. The normalized spacial score (nSPS) is 17.6. The summed E-state index contributed by atoms with van der Waals surface area (Å²) in [6, 6.07) is 4.91. The van der Waals surface area contributed by atoms with E-state index in [2.05, 4.69) is 0 Å². The van der Waals surface area contributed by atoms with Crippen LogP contribution in [0.25, 0.3) is 0 Å². The summed E-state index contributed by atoms with van der Waals surface area (Å²) in [7, 11) is 3.09. The first kappa shape index (κ1) is 20.6. The predicted molar refractivity (Wildman–Crippen MR) is 100 cm³/mol. The molecule has 1 saturated carbocycles. The topological polar surface area (TPSA) is 54.0 Å². The van der Waals surface area contributed by atoms with Crippen molar-refractivity contribution in [3.63, 3.8) is 0 Å². The Morgan fingerprint density at radius 1 is 0.769 bits per heavy atom. The molecule has 1 aromatic carbocycles. The first-order valence-corrected chi connectivity index (χ1v) is 9.70. The van der Waals surface area contributed by atoms with Crippen molar-refractivity contribution in [2.24, 2.45) is 0 Å². The number of benzene rings is 1. The molecule has 26 heavy (non-hydrogen) atoms. The van der Waals surface area contributed by atoms with Crippen molar-refractivity contribution in [3.05, 3.63) is 29.9 Å². The molecule has 0 unspecified atom stereocenters. The monoisotopic (exact) mass is 363 g/mol. The van der Waals surface area contributed by atoms with E-state index >= 15 is 0 Å². The molecule has 1 aromatic rings. The van der Waals surface area contributed by atoms with Crippen molar-refractivity contribution < 1.29 is 24.0 Å². The summed E-state index contributed by atoms with van der Waals surface area (Å²) < 4.78 is 10.4. The molecular formula is C21H31O5. The lowest BCUT2D eigenvalue weighted by Gasteiger charge is -2.16. The fourth-order valence-corrected chi connectivity index (χ4v) is 3.20. The van der Waals surface area contributed by atoms with E-state index in [0.29, 0.717) is 17.1 Å². The van der Waals surface area contributed by atoms with Gasteiger partial charge in [0.25, 0.3) is 0 Å². The van der Waals surface area contributed by atoms with E-state index in [1.54, 1.807) is 25.3 Å². The Hall–Kier alpha value is -1.75. The van der Waals surface area contributed by atoms with Crippen molar-refractivity contribution >= 4 is 5.97 Å². The summed E-state index contributed by atoms with van der Waals surface area (Å²) >= 11 is 0. The maximum Gasteiger partial charge on any atom is 0.373 e. The summed E-state index contributed by atoms with van der Waals surface area (Å²) in [6.07, 6.45) is 13.7. The van der Waals surface area contributed by atoms with Crippen molar-refractivity contribution in [2.75, 3.05) is 14.2 Å². The van der Waals surface area contributed by atoms with Gasteiger partial charge in [-0.1, -0.05) is 57.8 Å². The molecule has 0 aliphatic heterocycles. The van der Waals surface area contributed by atoms with Gasteiger partial charge in [0.2, 0.25) is 0 Å². The minimum Gasteiger partial charge on any atom is -0.493 e. The molecule has 1 aliphatic carbocycles. The molecule has 0 bridgehead atoms. The Balaban J connectivity index is 1.86. The first-order valence-electron chi connectivity index (χ1n) is 9.70. The highest BCUT2D eigenvalue weighted by molar-refractivity contribution is 5.89. The van der Waals surface area contributed by atoms with Crippen LogP contribution in [-0.2, 0) is 9.78 Å². The SMILES string of the molecule is COc1ccc(C(=O)OO[C]2CCCCCCCCCCC2)cc1OC. The maximum atomic E-state index is 12.3. The molecule has 0 N–H and O–H groups in total. The van der Waals surface area contributed by atoms with Gasteiger partial charge in [0.1, 0.15) is 6.10 Å². The summed E-state index contributed by atoms with van der Waals surface area (Å²) in [5.74, 6) is 0.531. The number of carbonyl (C=O) groups excluding carboxylic acids is 1. The maximum absolute atomic E-state index is 12.3. The van der Waals surface area contributed by atoms with Crippen LogP contribution in [0.5, 0.6) is 11.5 Å². The fourth-order valence-electron chi connectivity index (χ4n) is 3.20. The fraction of sp³-hybridized carbons (Fsp3) is 0.619. The molecule has 0 atom stereocenters. The molecule has 5 heteroatoms. The van der Waals surface area contributed by atoms with Crippen LogP contribution < -0.4 is 9.47 Å². The molecule has 0 aromatic heterocycles. The van der Waals surface area contributed by atoms with Gasteiger partial charge in [-0.3, -0.25) is 4.89 Å². The molecule has 2 rings (SSSR count). The number of hydrogen-bond acceptors (Lipinski definition) is 5. The molecule has 0 spiro atoms. The quantitative estimate of drug-likeness (QED) is 0.501. The largest absolute Gasteiger partial charge is 0.493 e. The molecular weight excluding hydrogens is 332 g/mol. The molecule has 0 amide bonds. The average molecular weight is 363 g/mol. The van der Waals surface area contributed by atoms with Crippen LogP contribution in [0.2, 0.25) is 0 Å². The van der Waals surface area contributed by atoms with Gasteiger partial charge in [-0.15, -0.1) is 0 Å². The third kappa shape index (κ3) is 6.87. The van der Waals surface area contributed by atoms with Gasteiger partial charge in [0.15, 0.2) is 11.5 Å². The van der Waals surface area contributed by atoms with Gasteiger partial charge >= 0.3 is 5.97 Å². The van der Waals surface area contributed by atoms with E-state index in [9.17, 15) is 4.79 Å². The van der Waals surface area contributed by atoms with Crippen LogP contribution in [0.1, 0.15) is 81.0 Å². The summed E-state index contributed by atoms with van der Waals surface area (Å²) in [4.78, 5) is 22.8. The Kier molecular flexibility index (Phi) is 9.32. The molecule has 5 nitrogen and oxygen atoms in total. The van der Waals surface area contributed by atoms with Crippen molar-refractivity contribution in [1.82, 2.24) is 0 Å². The summed E-state index contributed by atoms with van der Waals surface area (Å²) in [6.45, 7) is 0. The van der Waals surface area contributed by atoms with Crippen LogP contribution in [0.4, 0.5) is 0 Å². The molecule has 145 valence electrons. The highest BCUT2D eigenvalue weighted by atomic mass is 17.2. The van der Waals surface area contributed by atoms with Gasteiger partial charge in [-0.25, -0.2) is 4.79 Å². The minimum atomic E-state index is -0.524. The van der Waals surface area contributed by atoms with Crippen molar-refractivity contribution in [1.29, 1.82) is 0 Å². The Labute approximate surface area is 156 Å². The number of methoxy groups -OCH3 is 2. The number of carbonyl (C=O) groups is 1. The molecule has 0 heterocycles. The molecule has 1 radical (unpaired) electrons. The van der Waals surface area contributed by atoms with E-state index in [-0.39, 0.29) is 0 Å². The predicted octanol–water partition coefficient (Wildman–Crippen LogP) is 5.63. The zero-order chi connectivity index (χ0) is 18.6. The number of ether oxygens (including phenoxy) is 2. The molecule has 1 fully saturated rings. The molecule has 1 aliphatic rings. The second kappa shape index (κ2) is 11.8. The van der Waals surface area contributed by atoms with Gasteiger partial charge < -0.3 is 9.47 Å². The van der Waals surface area contributed by atoms with Crippen molar-refractivity contribution in [2.45, 2.75) is 70.6 Å². The number of rotatable bonds is 5. The van der Waals surface area contributed by atoms with Crippen LogP contribution in [-0.4, -0.2) is 20.2 Å². The van der Waals surface area contributed by atoms with Gasteiger partial charge in [0, 0.05) is 0 Å². The highest BCUT2D eigenvalue weighted by Crippen LogP contribution is 2.28. The number of hydrogen-bond donors (Lipinski definition) is 0. The Bertz CT molecular complexity index is 531. The third-order valence-corrected chi connectivity index (χ3v) is 4.77. The van der Waals surface area contributed by atoms with E-state index < -0.39 is 5.97 Å². The lowest BCUT2D eigenvalue weighted by atomic mass is 9.99. The minimum absolute atomic E-state index is 0.372. The van der Waals surface area contributed by atoms with Crippen molar-refractivity contribution in [3.8, 4) is 11.5 Å². The van der Waals surface area contributed by atoms with Gasteiger partial charge in [-0.05, 0) is 31.0 Å². The molecule has 0 saturated heterocycles. The standard InChI is InChI=1S/C21H31O5/c1-23-19-15-14-17(16-20(19)24-2)21(22)26-25-18-12-10-8-6-4-3-5-7-9-11-13-18/h14-16H,3-13H2,1-2H3. The zero-order valence-electron chi connectivity index (χ0n) is 16.1. The van der Waals surface area contributed by atoms with E-state index in [1.807, 2.05) is 0 Å². The lowest BCUT2D eigenvalue weighted by molar-refractivity contribution is -0.237. The zero-order valence-corrected chi connectivity index (χ0v) is 16.1. The summed E-state index contributed by atoms with van der Waals surface area (Å²) in [5, 5.41) is 0. The van der Waals surface area contributed by atoms with E-state index in [0.717, 1.165) is 31.8 Å². The first-order chi connectivity index (χ1) is 12.7. The van der Waals surface area contributed by atoms with E-state index in [4.69, 9.17) is 19.2 Å². The third-order valence-electron chi connectivity index (χ3n) is 4.77. The van der Waals surface area contributed by atoms with E-state index in [1.165, 1.54) is 52.1 Å². The summed E-state index contributed by atoms with van der Waals surface area (Å²) in [5.41, 5.74) is 0.372. The van der Waals surface area contributed by atoms with Gasteiger partial charge in [0.05, 0.1) is 19.8 Å². The highest BCUT2D eigenvalue weighted by Gasteiger charge is 2.18. The van der Waals surface area contributed by atoms with Crippen LogP contribution in [0, 0.1) is 6.10 Å². The van der Waals surface area contributed by atoms with Crippen LogP contribution in [0.15, 0.2) is 18.2 Å². The van der Waals surface area contributed by atoms with Crippen LogP contribution >= 0.6 is 0 Å².